The van der Waals surface area contributed by atoms with Crippen molar-refractivity contribution in [3.8, 4) is 22.3 Å². The molecule has 2 N–H and O–H groups in total. The second-order valence-corrected chi connectivity index (χ2v) is 10.7. The molecule has 0 saturated carbocycles. The fraction of sp³-hybridized carbons (Fsp3) is 0.0244. The van der Waals surface area contributed by atoms with Gasteiger partial charge in [0, 0.05) is 11.8 Å². The van der Waals surface area contributed by atoms with Gasteiger partial charge in [-0.15, -0.1) is 0 Å². The number of allylic oxidation sites excluding steroid dienone is 6. The van der Waals surface area contributed by atoms with Crippen LogP contribution in [0.25, 0.3) is 60.1 Å². The minimum Gasteiger partial charge on any atom is -0.309 e. The van der Waals surface area contributed by atoms with Crippen LogP contribution in [0.4, 0.5) is 0 Å². The quantitative estimate of drug-likeness (QED) is 0.107. The lowest BCUT2D eigenvalue weighted by atomic mass is 9.85. The maximum absolute atomic E-state index is 8.30. The van der Waals surface area contributed by atoms with Crippen LogP contribution in [0.1, 0.15) is 11.1 Å². The molecule has 0 bridgehead atoms. The van der Waals surface area contributed by atoms with E-state index in [0.717, 1.165) is 28.1 Å². The van der Waals surface area contributed by atoms with Gasteiger partial charge >= 0.3 is 0 Å². The molecule has 43 heavy (non-hydrogen) atoms. The maximum Gasteiger partial charge on any atom is 0.0612 e. The summed E-state index contributed by atoms with van der Waals surface area (Å²) in [4.78, 5) is 0. The predicted molar refractivity (Wildman–Crippen MR) is 188 cm³/mol. The highest BCUT2D eigenvalue weighted by molar-refractivity contribution is 6.21. The molecule has 6 aromatic carbocycles. The van der Waals surface area contributed by atoms with Crippen LogP contribution in [-0.2, 0) is 0 Å². The van der Waals surface area contributed by atoms with E-state index in [1.807, 2.05) is 6.08 Å². The van der Waals surface area contributed by atoms with Crippen LogP contribution in [0.3, 0.4) is 0 Å². The Morgan fingerprint density at radius 3 is 1.79 bits per heavy atom. The first kappa shape index (κ1) is 27.6. The van der Waals surface area contributed by atoms with E-state index < -0.39 is 0 Å². The van der Waals surface area contributed by atoms with Crippen LogP contribution in [0, 0.1) is 17.7 Å². The van der Waals surface area contributed by atoms with Gasteiger partial charge in [0.05, 0.1) is 5.71 Å². The van der Waals surface area contributed by atoms with Crippen molar-refractivity contribution < 1.29 is 0 Å². The number of fused-ring (bicyclic) bond motifs is 3. The molecule has 0 amide bonds. The van der Waals surface area contributed by atoms with Crippen LogP contribution in [-0.4, -0.2) is 11.9 Å². The van der Waals surface area contributed by atoms with Gasteiger partial charge in [-0.05, 0) is 96.9 Å². The van der Waals surface area contributed by atoms with E-state index in [4.69, 9.17) is 10.8 Å². The third kappa shape index (κ3) is 5.27. The first-order valence-electron chi connectivity index (χ1n) is 14.3. The molecule has 0 aliphatic carbocycles. The Balaban J connectivity index is 1.49. The summed E-state index contributed by atoms with van der Waals surface area (Å²) in [5.74, 6) is 0. The minimum absolute atomic E-state index is 0.288. The average molecular weight is 553 g/mol. The van der Waals surface area contributed by atoms with Gasteiger partial charge in [0.1, 0.15) is 0 Å². The molecule has 6 aromatic rings. The van der Waals surface area contributed by atoms with Crippen LogP contribution >= 0.6 is 0 Å². The van der Waals surface area contributed by atoms with Gasteiger partial charge in [-0.25, -0.2) is 0 Å². The zero-order chi connectivity index (χ0) is 29.9. The number of hydrogen-bond acceptors (Lipinski definition) is 2. The van der Waals surface area contributed by atoms with E-state index in [1.165, 1.54) is 49.4 Å². The van der Waals surface area contributed by atoms with Gasteiger partial charge in [-0.3, -0.25) is 0 Å². The predicted octanol–water partition coefficient (Wildman–Crippen LogP) is 11.1. The monoisotopic (exact) mass is 552 g/mol. The zero-order valence-corrected chi connectivity index (χ0v) is 24.2. The fourth-order valence-corrected chi connectivity index (χ4v) is 5.81. The second kappa shape index (κ2) is 11.7. The summed E-state index contributed by atoms with van der Waals surface area (Å²) in [7, 11) is 0. The molecule has 0 aliphatic heterocycles. The Hall–Kier alpha value is -5.60. The van der Waals surface area contributed by atoms with Gasteiger partial charge < -0.3 is 10.8 Å². The van der Waals surface area contributed by atoms with Gasteiger partial charge in [-0.1, -0.05) is 128 Å². The summed E-state index contributed by atoms with van der Waals surface area (Å²) >= 11 is 0. The molecule has 2 nitrogen and oxygen atoms in total. The van der Waals surface area contributed by atoms with Crippen LogP contribution in [0.5, 0.6) is 0 Å². The van der Waals surface area contributed by atoms with Crippen molar-refractivity contribution in [1.82, 2.24) is 0 Å². The normalized spacial score (nSPS) is 11.8. The van der Waals surface area contributed by atoms with Crippen molar-refractivity contribution in [2.45, 2.75) is 6.92 Å². The van der Waals surface area contributed by atoms with Gasteiger partial charge in [0.2, 0.25) is 0 Å². The largest absolute Gasteiger partial charge is 0.309 e. The highest BCUT2D eigenvalue weighted by Crippen LogP contribution is 2.44. The van der Waals surface area contributed by atoms with Crippen molar-refractivity contribution in [2.24, 2.45) is 0 Å². The van der Waals surface area contributed by atoms with Gasteiger partial charge in [0.25, 0.3) is 0 Å². The first-order chi connectivity index (χ1) is 21.0. The van der Waals surface area contributed by atoms with Crippen molar-refractivity contribution >= 4 is 49.8 Å². The standard InChI is InChI=1S/C41H32N2/c1-4-29(23-24-42)39(43)22-15-28(3)32-20-18-30-19-21-33(26-34(30)25-32)41-37-11-7-5-9-35(37)40(31-16-13-27(2)14-17-31)36-10-6-8-12-38(36)41/h4-26,42-43H,1,3H2,2H3/b22-15-,29-23+,42-24?,43-39?. The highest BCUT2D eigenvalue weighted by atomic mass is 14.4. The Morgan fingerprint density at radius 1 is 0.651 bits per heavy atom. The summed E-state index contributed by atoms with van der Waals surface area (Å²) < 4.78 is 0. The summed E-state index contributed by atoms with van der Waals surface area (Å²) in [5.41, 5.74) is 8.83. The lowest BCUT2D eigenvalue weighted by Gasteiger charge is -2.18. The average Bonchev–Trinajstić information content (AvgIpc) is 3.04. The summed E-state index contributed by atoms with van der Waals surface area (Å²) in [6.45, 7) is 10.1. The first-order valence-corrected chi connectivity index (χ1v) is 14.3. The molecule has 0 fully saturated rings. The molecule has 0 aliphatic rings. The van der Waals surface area contributed by atoms with Gasteiger partial charge in [0.15, 0.2) is 0 Å². The number of benzene rings is 6. The molecule has 2 heteroatoms. The van der Waals surface area contributed by atoms with Crippen molar-refractivity contribution in [2.75, 3.05) is 0 Å². The van der Waals surface area contributed by atoms with Crippen LogP contribution in [0.2, 0.25) is 0 Å². The van der Waals surface area contributed by atoms with Crippen molar-refractivity contribution in [3.63, 3.8) is 0 Å². The number of aryl methyl sites for hydroxylation is 1. The fourth-order valence-electron chi connectivity index (χ4n) is 5.81. The number of nitrogens with one attached hydrogen (secondary N) is 2. The molecule has 6 rings (SSSR count). The smallest absolute Gasteiger partial charge is 0.0612 e. The zero-order valence-electron chi connectivity index (χ0n) is 24.2. The number of rotatable bonds is 8. The van der Waals surface area contributed by atoms with Crippen molar-refractivity contribution in [1.29, 1.82) is 10.8 Å². The Morgan fingerprint density at radius 2 is 1.21 bits per heavy atom. The topological polar surface area (TPSA) is 47.7 Å². The molecule has 0 saturated heterocycles. The summed E-state index contributed by atoms with van der Waals surface area (Å²) in [5, 5.41) is 22.8. The van der Waals surface area contributed by atoms with Gasteiger partial charge in [-0.2, -0.15) is 0 Å². The Labute approximate surface area is 252 Å². The van der Waals surface area contributed by atoms with Crippen LogP contribution in [0.15, 0.2) is 152 Å². The van der Waals surface area contributed by atoms with E-state index in [-0.39, 0.29) is 5.71 Å². The molecule has 0 unspecified atom stereocenters. The van der Waals surface area contributed by atoms with E-state index in [2.05, 4.69) is 129 Å². The highest BCUT2D eigenvalue weighted by Gasteiger charge is 2.16. The van der Waals surface area contributed by atoms with E-state index in [1.54, 1.807) is 18.2 Å². The molecule has 206 valence electrons. The maximum atomic E-state index is 8.30. The Kier molecular flexibility index (Phi) is 7.51. The summed E-state index contributed by atoms with van der Waals surface area (Å²) in [6.07, 6.45) is 7.85. The van der Waals surface area contributed by atoms with E-state index in [0.29, 0.717) is 5.57 Å². The lowest BCUT2D eigenvalue weighted by Crippen LogP contribution is -1.94. The lowest BCUT2D eigenvalue weighted by molar-refractivity contribution is 1.47. The number of hydrogen-bond donors (Lipinski definition) is 2. The summed E-state index contributed by atoms with van der Waals surface area (Å²) in [6, 6.07) is 39.4. The second-order valence-electron chi connectivity index (χ2n) is 10.7. The third-order valence-electron chi connectivity index (χ3n) is 8.02. The Bertz CT molecular complexity index is 2080. The van der Waals surface area contributed by atoms with Crippen molar-refractivity contribution in [3.05, 3.63) is 163 Å². The molecule has 0 atom stereocenters. The molecule has 0 aromatic heterocycles. The third-order valence-corrected chi connectivity index (χ3v) is 8.02. The SMILES string of the molecule is C=C/C(=C\C=N)C(=N)/C=C\C(=C)c1ccc2ccc(-c3c4ccccc4c(-c4ccc(C)cc4)c4ccccc34)cc2c1. The minimum atomic E-state index is 0.288. The van der Waals surface area contributed by atoms with Crippen LogP contribution < -0.4 is 0 Å². The molecule has 0 spiro atoms. The van der Waals surface area contributed by atoms with E-state index >= 15 is 0 Å². The molecule has 0 heterocycles. The van der Waals surface area contributed by atoms with E-state index in [9.17, 15) is 0 Å². The molecular weight excluding hydrogens is 520 g/mol. The molecular formula is C41H32N2. The molecule has 0 radical (unpaired) electrons.